The summed E-state index contributed by atoms with van der Waals surface area (Å²) in [5.74, 6) is -0.0271. The molecule has 2 rings (SSSR count). The Bertz CT molecular complexity index is 360. The average Bonchev–Trinajstić information content (AvgIpc) is 2.16. The van der Waals surface area contributed by atoms with Crippen molar-refractivity contribution in [3.05, 3.63) is 23.8 Å². The van der Waals surface area contributed by atoms with E-state index in [0.29, 0.717) is 6.61 Å². The number of alkyl halides is 3. The first kappa shape index (κ1) is 10.1. The Balaban J connectivity index is 2.31. The van der Waals surface area contributed by atoms with Crippen LogP contribution < -0.4 is 9.47 Å². The summed E-state index contributed by atoms with van der Waals surface area (Å²) < 4.78 is 45.2. The van der Waals surface area contributed by atoms with Gasteiger partial charge in [0.1, 0.15) is 0 Å². The fraction of sp³-hybridized carbons (Fsp3) is 0.400. The van der Waals surface area contributed by atoms with Crippen LogP contribution in [0.15, 0.2) is 18.2 Å². The zero-order chi connectivity index (χ0) is 10.9. The number of para-hydroxylation sites is 1. The lowest BCUT2D eigenvalue weighted by atomic mass is 10.1. The van der Waals surface area contributed by atoms with E-state index >= 15 is 0 Å². The molecule has 1 aliphatic rings. The van der Waals surface area contributed by atoms with Gasteiger partial charge in [0.25, 0.3) is 0 Å². The van der Waals surface area contributed by atoms with Crippen molar-refractivity contribution in [3.8, 4) is 11.5 Å². The topological polar surface area (TPSA) is 18.5 Å². The van der Waals surface area contributed by atoms with E-state index in [0.717, 1.165) is 18.4 Å². The highest BCUT2D eigenvalue weighted by Gasteiger charge is 2.33. The molecule has 0 saturated carbocycles. The third-order valence-electron chi connectivity index (χ3n) is 2.12. The third kappa shape index (κ3) is 2.34. The number of hydrogen-bond acceptors (Lipinski definition) is 2. The molecule has 0 bridgehead atoms. The van der Waals surface area contributed by atoms with Crippen molar-refractivity contribution in [1.82, 2.24) is 0 Å². The predicted octanol–water partition coefficient (Wildman–Crippen LogP) is 2.91. The number of halogens is 3. The zero-order valence-electron chi connectivity index (χ0n) is 7.80. The largest absolute Gasteiger partial charge is 0.573 e. The van der Waals surface area contributed by atoms with Gasteiger partial charge in [-0.1, -0.05) is 12.1 Å². The third-order valence-corrected chi connectivity index (χ3v) is 2.12. The maximum absolute atomic E-state index is 12.0. The molecule has 1 aromatic rings. The van der Waals surface area contributed by atoms with Crippen molar-refractivity contribution in [1.29, 1.82) is 0 Å². The minimum Gasteiger partial charge on any atom is -0.489 e. The molecule has 15 heavy (non-hydrogen) atoms. The Morgan fingerprint density at radius 3 is 2.80 bits per heavy atom. The number of hydrogen-bond donors (Lipinski definition) is 0. The first-order valence-corrected chi connectivity index (χ1v) is 4.57. The van der Waals surface area contributed by atoms with E-state index in [1.54, 1.807) is 6.07 Å². The molecule has 1 aliphatic heterocycles. The van der Waals surface area contributed by atoms with Crippen LogP contribution in [0.1, 0.15) is 12.0 Å². The highest BCUT2D eigenvalue weighted by molar-refractivity contribution is 5.47. The number of benzene rings is 1. The molecule has 5 heteroatoms. The first-order chi connectivity index (χ1) is 7.06. The van der Waals surface area contributed by atoms with Gasteiger partial charge in [-0.25, -0.2) is 0 Å². The van der Waals surface area contributed by atoms with Crippen LogP contribution in [0.4, 0.5) is 13.2 Å². The normalized spacial score (nSPS) is 15.4. The minimum absolute atomic E-state index is 0.223. The molecule has 0 saturated heterocycles. The quantitative estimate of drug-likeness (QED) is 0.721. The molecule has 2 nitrogen and oxygen atoms in total. The molecule has 0 aromatic heterocycles. The molecule has 0 spiro atoms. The van der Waals surface area contributed by atoms with Gasteiger partial charge in [-0.3, -0.25) is 0 Å². The van der Waals surface area contributed by atoms with Crippen LogP contribution in [0.3, 0.4) is 0 Å². The predicted molar refractivity (Wildman–Crippen MR) is 46.9 cm³/mol. The summed E-state index contributed by atoms with van der Waals surface area (Å²) in [6, 6.07) is 4.55. The van der Waals surface area contributed by atoms with E-state index in [1.807, 2.05) is 0 Å². The van der Waals surface area contributed by atoms with Gasteiger partial charge in [0.2, 0.25) is 0 Å². The summed E-state index contributed by atoms with van der Waals surface area (Å²) in [5, 5.41) is 0. The van der Waals surface area contributed by atoms with Gasteiger partial charge in [0.15, 0.2) is 11.5 Å². The lowest BCUT2D eigenvalue weighted by Gasteiger charge is -2.20. The van der Waals surface area contributed by atoms with Crippen LogP contribution in [0.25, 0.3) is 0 Å². The maximum atomic E-state index is 12.0. The van der Waals surface area contributed by atoms with E-state index in [2.05, 4.69) is 4.74 Å². The van der Waals surface area contributed by atoms with Crippen molar-refractivity contribution in [2.45, 2.75) is 19.2 Å². The summed E-state index contributed by atoms with van der Waals surface area (Å²) in [7, 11) is 0. The second kappa shape index (κ2) is 3.64. The van der Waals surface area contributed by atoms with Crippen LogP contribution in [0, 0.1) is 0 Å². The van der Waals surface area contributed by atoms with Crippen molar-refractivity contribution < 1.29 is 22.6 Å². The van der Waals surface area contributed by atoms with E-state index in [1.165, 1.54) is 12.1 Å². The van der Waals surface area contributed by atoms with Gasteiger partial charge in [-0.05, 0) is 24.5 Å². The maximum Gasteiger partial charge on any atom is 0.573 e. The number of rotatable bonds is 1. The Hall–Kier alpha value is -1.39. The van der Waals surface area contributed by atoms with Crippen LogP contribution in [0.2, 0.25) is 0 Å². The molecule has 1 aromatic carbocycles. The van der Waals surface area contributed by atoms with Crippen LogP contribution in [-0.4, -0.2) is 13.0 Å². The Kier molecular flexibility index (Phi) is 2.46. The van der Waals surface area contributed by atoms with Crippen molar-refractivity contribution in [2.75, 3.05) is 6.61 Å². The second-order valence-electron chi connectivity index (χ2n) is 3.24. The molecule has 1 heterocycles. The molecular formula is C10H9F3O2. The number of aryl methyl sites for hydroxylation is 1. The molecule has 0 fully saturated rings. The van der Waals surface area contributed by atoms with Crippen LogP contribution >= 0.6 is 0 Å². The molecule has 0 atom stereocenters. The van der Waals surface area contributed by atoms with Crippen molar-refractivity contribution in [3.63, 3.8) is 0 Å². The Morgan fingerprint density at radius 2 is 2.07 bits per heavy atom. The van der Waals surface area contributed by atoms with E-state index in [-0.39, 0.29) is 11.5 Å². The highest BCUT2D eigenvalue weighted by Crippen LogP contribution is 2.37. The second-order valence-corrected chi connectivity index (χ2v) is 3.24. The van der Waals surface area contributed by atoms with Crippen LogP contribution in [0.5, 0.6) is 11.5 Å². The zero-order valence-corrected chi connectivity index (χ0v) is 7.80. The molecular weight excluding hydrogens is 209 g/mol. The van der Waals surface area contributed by atoms with Crippen molar-refractivity contribution in [2.24, 2.45) is 0 Å². The summed E-state index contributed by atoms with van der Waals surface area (Å²) in [4.78, 5) is 0. The Labute approximate surface area is 84.6 Å². The van der Waals surface area contributed by atoms with Gasteiger partial charge in [0.05, 0.1) is 6.61 Å². The number of ether oxygens (including phenoxy) is 2. The lowest BCUT2D eigenvalue weighted by Crippen LogP contribution is -2.19. The lowest BCUT2D eigenvalue weighted by molar-refractivity contribution is -0.275. The number of fused-ring (bicyclic) bond motifs is 1. The molecule has 0 aliphatic carbocycles. The smallest absolute Gasteiger partial charge is 0.489 e. The summed E-state index contributed by atoms with van der Waals surface area (Å²) in [6.07, 6.45) is -3.12. The standard InChI is InChI=1S/C10H9F3O2/c11-10(12,13)15-8-5-1-3-7-4-2-6-14-9(7)8/h1,3,5H,2,4,6H2. The Morgan fingerprint density at radius 1 is 1.27 bits per heavy atom. The SMILES string of the molecule is FC(F)(F)Oc1cccc2c1OCCC2. The van der Waals surface area contributed by atoms with E-state index < -0.39 is 6.36 Å². The summed E-state index contributed by atoms with van der Waals surface area (Å²) in [6.45, 7) is 0.436. The minimum atomic E-state index is -4.67. The van der Waals surface area contributed by atoms with Gasteiger partial charge < -0.3 is 9.47 Å². The fourth-order valence-corrected chi connectivity index (χ4v) is 1.56. The van der Waals surface area contributed by atoms with Crippen LogP contribution in [-0.2, 0) is 6.42 Å². The highest BCUT2D eigenvalue weighted by atomic mass is 19.4. The van der Waals surface area contributed by atoms with Crippen molar-refractivity contribution >= 4 is 0 Å². The summed E-state index contributed by atoms with van der Waals surface area (Å²) in [5.41, 5.74) is 0.767. The molecule has 0 radical (unpaired) electrons. The molecule has 82 valence electrons. The summed E-state index contributed by atoms with van der Waals surface area (Å²) >= 11 is 0. The first-order valence-electron chi connectivity index (χ1n) is 4.57. The van der Waals surface area contributed by atoms with E-state index in [4.69, 9.17) is 4.74 Å². The monoisotopic (exact) mass is 218 g/mol. The average molecular weight is 218 g/mol. The van der Waals surface area contributed by atoms with Gasteiger partial charge >= 0.3 is 6.36 Å². The van der Waals surface area contributed by atoms with E-state index in [9.17, 15) is 13.2 Å². The molecule has 0 N–H and O–H groups in total. The molecule has 0 amide bonds. The fourth-order valence-electron chi connectivity index (χ4n) is 1.56. The molecule has 0 unspecified atom stereocenters. The van der Waals surface area contributed by atoms with Gasteiger partial charge in [-0.15, -0.1) is 13.2 Å². The van der Waals surface area contributed by atoms with Gasteiger partial charge in [-0.2, -0.15) is 0 Å². The van der Waals surface area contributed by atoms with Gasteiger partial charge in [0, 0.05) is 0 Å².